The Morgan fingerprint density at radius 3 is 2.48 bits per heavy atom. The number of nitrogen functional groups attached to an aromatic ring is 1. The van der Waals surface area contributed by atoms with Crippen LogP contribution in [-0.4, -0.2) is 23.6 Å². The van der Waals surface area contributed by atoms with Gasteiger partial charge in [0.25, 0.3) is 0 Å². The lowest BCUT2D eigenvalue weighted by atomic mass is 10.2. The maximum Gasteiger partial charge on any atom is 0.248 e. The molecule has 3 rings (SSSR count). The fourth-order valence-electron chi connectivity index (χ4n) is 2.21. The van der Waals surface area contributed by atoms with E-state index in [1.54, 1.807) is 55.5 Å². The average molecular weight is 329 g/mol. The summed E-state index contributed by atoms with van der Waals surface area (Å²) in [6.45, 7) is 1.74. The Hall–Kier alpha value is -2.87. The normalized spacial score (nSPS) is 11.3. The van der Waals surface area contributed by atoms with Crippen LogP contribution in [0.25, 0.3) is 0 Å². The molecule has 0 fully saturated rings. The van der Waals surface area contributed by atoms with Gasteiger partial charge in [-0.05, 0) is 42.8 Å². The Morgan fingerprint density at radius 2 is 1.87 bits per heavy atom. The fraction of sp³-hybridized carbons (Fsp3) is 0.0667. The highest BCUT2D eigenvalue weighted by Gasteiger charge is 2.19. The number of nitrogens with zero attached hydrogens (tertiary/aromatic N) is 2. The number of rotatable bonds is 4. The van der Waals surface area contributed by atoms with Gasteiger partial charge in [-0.2, -0.15) is 4.98 Å². The molecular weight excluding hydrogens is 314 g/mol. The SMILES string of the molecule is Cc1cc(Nc2n[nH]c(N)n2)ccc1S(=O)(=O)c1ccccc1. The molecule has 0 aliphatic heterocycles. The Balaban J connectivity index is 1.93. The van der Waals surface area contributed by atoms with Gasteiger partial charge in [0.1, 0.15) is 0 Å². The van der Waals surface area contributed by atoms with Crippen LogP contribution >= 0.6 is 0 Å². The van der Waals surface area contributed by atoms with Crippen LogP contribution in [0.1, 0.15) is 5.56 Å². The summed E-state index contributed by atoms with van der Waals surface area (Å²) in [5.41, 5.74) is 6.76. The van der Waals surface area contributed by atoms with Gasteiger partial charge in [-0.3, -0.25) is 0 Å². The Morgan fingerprint density at radius 1 is 1.13 bits per heavy atom. The number of benzene rings is 2. The number of aromatic amines is 1. The van der Waals surface area contributed by atoms with Crippen LogP contribution in [0.3, 0.4) is 0 Å². The first-order valence-electron chi connectivity index (χ1n) is 6.82. The molecule has 1 aromatic heterocycles. The van der Waals surface area contributed by atoms with Gasteiger partial charge in [0, 0.05) is 5.69 Å². The van der Waals surface area contributed by atoms with Crippen molar-refractivity contribution >= 4 is 27.4 Å². The highest BCUT2D eigenvalue weighted by atomic mass is 32.2. The van der Waals surface area contributed by atoms with Crippen molar-refractivity contribution in [2.24, 2.45) is 0 Å². The van der Waals surface area contributed by atoms with Gasteiger partial charge in [0.15, 0.2) is 0 Å². The molecule has 8 heteroatoms. The van der Waals surface area contributed by atoms with Crippen molar-refractivity contribution < 1.29 is 8.42 Å². The summed E-state index contributed by atoms with van der Waals surface area (Å²) in [4.78, 5) is 4.47. The van der Waals surface area contributed by atoms with E-state index in [1.165, 1.54) is 0 Å². The van der Waals surface area contributed by atoms with Gasteiger partial charge in [-0.25, -0.2) is 13.5 Å². The number of H-pyrrole nitrogens is 1. The molecule has 0 spiro atoms. The summed E-state index contributed by atoms with van der Waals surface area (Å²) in [5.74, 6) is 0.521. The Bertz CT molecular complexity index is 936. The van der Waals surface area contributed by atoms with E-state index >= 15 is 0 Å². The molecule has 4 N–H and O–H groups in total. The van der Waals surface area contributed by atoms with E-state index in [1.807, 2.05) is 0 Å². The molecule has 0 unspecified atom stereocenters. The molecule has 0 radical (unpaired) electrons. The second kappa shape index (κ2) is 5.73. The summed E-state index contributed by atoms with van der Waals surface area (Å²) < 4.78 is 25.3. The number of hydrogen-bond donors (Lipinski definition) is 3. The Kier molecular flexibility index (Phi) is 3.75. The van der Waals surface area contributed by atoms with Gasteiger partial charge in [0.05, 0.1) is 9.79 Å². The van der Waals surface area contributed by atoms with Gasteiger partial charge < -0.3 is 11.1 Å². The van der Waals surface area contributed by atoms with Crippen molar-refractivity contribution in [3.05, 3.63) is 54.1 Å². The maximum absolute atomic E-state index is 12.7. The third-order valence-corrected chi connectivity index (χ3v) is 5.21. The summed E-state index contributed by atoms with van der Waals surface area (Å²) in [7, 11) is -3.54. The van der Waals surface area contributed by atoms with Crippen molar-refractivity contribution in [1.29, 1.82) is 0 Å². The van der Waals surface area contributed by atoms with E-state index in [0.29, 0.717) is 17.2 Å². The van der Waals surface area contributed by atoms with Crippen molar-refractivity contribution in [1.82, 2.24) is 15.2 Å². The quantitative estimate of drug-likeness (QED) is 0.676. The number of hydrogen-bond acceptors (Lipinski definition) is 6. The summed E-state index contributed by atoms with van der Waals surface area (Å²) in [5, 5.41) is 9.34. The van der Waals surface area contributed by atoms with E-state index in [9.17, 15) is 8.42 Å². The van der Waals surface area contributed by atoms with E-state index in [2.05, 4.69) is 20.5 Å². The summed E-state index contributed by atoms with van der Waals surface area (Å²) >= 11 is 0. The second-order valence-corrected chi connectivity index (χ2v) is 6.88. The van der Waals surface area contributed by atoms with Crippen LogP contribution in [-0.2, 0) is 9.84 Å². The molecule has 2 aromatic carbocycles. The predicted molar refractivity (Wildman–Crippen MR) is 87.2 cm³/mol. The molecule has 0 bridgehead atoms. The molecule has 0 atom stereocenters. The first-order valence-corrected chi connectivity index (χ1v) is 8.31. The van der Waals surface area contributed by atoms with Gasteiger partial charge in [0.2, 0.25) is 21.7 Å². The smallest absolute Gasteiger partial charge is 0.248 e. The summed E-state index contributed by atoms with van der Waals surface area (Å²) in [6.07, 6.45) is 0. The van der Waals surface area contributed by atoms with E-state index < -0.39 is 9.84 Å². The van der Waals surface area contributed by atoms with Gasteiger partial charge in [-0.1, -0.05) is 18.2 Å². The first kappa shape index (κ1) is 15.0. The topological polar surface area (TPSA) is 114 Å². The third-order valence-electron chi connectivity index (χ3n) is 3.28. The highest BCUT2D eigenvalue weighted by molar-refractivity contribution is 7.91. The highest BCUT2D eigenvalue weighted by Crippen LogP contribution is 2.26. The first-order chi connectivity index (χ1) is 11.0. The van der Waals surface area contributed by atoms with E-state index in [4.69, 9.17) is 5.73 Å². The number of anilines is 3. The lowest BCUT2D eigenvalue weighted by Crippen LogP contribution is -2.04. The number of aromatic nitrogens is 3. The van der Waals surface area contributed by atoms with Crippen molar-refractivity contribution in [3.8, 4) is 0 Å². The van der Waals surface area contributed by atoms with Gasteiger partial charge in [-0.15, -0.1) is 5.10 Å². The van der Waals surface area contributed by atoms with Gasteiger partial charge >= 0.3 is 0 Å². The van der Waals surface area contributed by atoms with Crippen molar-refractivity contribution in [2.45, 2.75) is 16.7 Å². The van der Waals surface area contributed by atoms with Crippen LogP contribution in [0.4, 0.5) is 17.6 Å². The molecular formula is C15H15N5O2S. The number of nitrogens with one attached hydrogen (secondary N) is 2. The van der Waals surface area contributed by atoms with Crippen molar-refractivity contribution in [3.63, 3.8) is 0 Å². The molecule has 7 nitrogen and oxygen atoms in total. The largest absolute Gasteiger partial charge is 0.368 e. The van der Waals surface area contributed by atoms with Crippen LogP contribution in [0.5, 0.6) is 0 Å². The molecule has 3 aromatic rings. The zero-order valence-electron chi connectivity index (χ0n) is 12.3. The minimum atomic E-state index is -3.54. The number of nitrogens with two attached hydrogens (primary N) is 1. The average Bonchev–Trinajstić information content (AvgIpc) is 2.93. The van der Waals surface area contributed by atoms with Crippen LogP contribution in [0.2, 0.25) is 0 Å². The van der Waals surface area contributed by atoms with Crippen LogP contribution in [0, 0.1) is 6.92 Å². The fourth-order valence-corrected chi connectivity index (χ4v) is 3.71. The summed E-state index contributed by atoms with van der Waals surface area (Å²) in [6, 6.07) is 13.3. The molecule has 0 amide bonds. The van der Waals surface area contributed by atoms with Crippen molar-refractivity contribution in [2.75, 3.05) is 11.1 Å². The monoisotopic (exact) mass is 329 g/mol. The molecule has 1 heterocycles. The minimum Gasteiger partial charge on any atom is -0.368 e. The zero-order chi connectivity index (χ0) is 16.4. The van der Waals surface area contributed by atoms with E-state index in [-0.39, 0.29) is 15.7 Å². The molecule has 0 aliphatic carbocycles. The van der Waals surface area contributed by atoms with Crippen LogP contribution in [0.15, 0.2) is 58.3 Å². The Labute approximate surface area is 133 Å². The zero-order valence-corrected chi connectivity index (χ0v) is 13.1. The molecule has 0 saturated carbocycles. The second-order valence-electron chi connectivity index (χ2n) is 4.97. The lowest BCUT2D eigenvalue weighted by Gasteiger charge is -2.10. The standard InChI is InChI=1S/C15H15N5O2S/c1-10-9-11(17-15-18-14(16)19-20-15)7-8-13(10)23(21,22)12-5-3-2-4-6-12/h2-9H,1H3,(H4,16,17,18,19,20). The lowest BCUT2D eigenvalue weighted by molar-refractivity contribution is 0.595. The molecule has 0 aliphatic rings. The predicted octanol–water partition coefficient (Wildman–Crippen LogP) is 2.27. The maximum atomic E-state index is 12.7. The molecule has 118 valence electrons. The molecule has 0 saturated heterocycles. The van der Waals surface area contributed by atoms with E-state index in [0.717, 1.165) is 0 Å². The third kappa shape index (κ3) is 3.02. The minimum absolute atomic E-state index is 0.201. The van der Waals surface area contributed by atoms with Crippen LogP contribution < -0.4 is 11.1 Å². The number of aryl methyl sites for hydroxylation is 1. The number of sulfone groups is 1. The molecule has 23 heavy (non-hydrogen) atoms.